The minimum atomic E-state index is -0.766. The molecule has 0 spiro atoms. The highest BCUT2D eigenvalue weighted by molar-refractivity contribution is 5.76. The number of nitrogens with two attached hydrogens (primary N) is 1. The van der Waals surface area contributed by atoms with Gasteiger partial charge in [-0.15, -0.1) is 6.42 Å². The maximum atomic E-state index is 10.1. The van der Waals surface area contributed by atoms with Crippen molar-refractivity contribution < 1.29 is 10.2 Å². The lowest BCUT2D eigenvalue weighted by Gasteiger charge is -2.37. The van der Waals surface area contributed by atoms with E-state index in [1.807, 2.05) is 41.4 Å². The summed E-state index contributed by atoms with van der Waals surface area (Å²) in [6.07, 6.45) is 7.29. The number of nitrogens with one attached hydrogen (secondary N) is 1. The lowest BCUT2D eigenvalue weighted by molar-refractivity contribution is -0.0289. The molecule has 1 aliphatic heterocycles. The Morgan fingerprint density at radius 1 is 1.25 bits per heavy atom. The van der Waals surface area contributed by atoms with Crippen LogP contribution in [0.3, 0.4) is 0 Å². The van der Waals surface area contributed by atoms with Crippen molar-refractivity contribution in [2.24, 2.45) is 5.73 Å². The molecule has 1 saturated heterocycles. The molecule has 3 aromatic rings. The average Bonchev–Trinajstić information content (AvgIpc) is 3.10. The van der Waals surface area contributed by atoms with Gasteiger partial charge in [0, 0.05) is 37.1 Å². The summed E-state index contributed by atoms with van der Waals surface area (Å²) in [6.45, 7) is 1.33. The fourth-order valence-corrected chi connectivity index (χ4v) is 3.53. The van der Waals surface area contributed by atoms with Gasteiger partial charge in [0.15, 0.2) is 5.82 Å². The number of piperidine rings is 1. The first-order valence-corrected chi connectivity index (χ1v) is 9.04. The van der Waals surface area contributed by atoms with Crippen molar-refractivity contribution in [2.45, 2.75) is 24.8 Å². The van der Waals surface area contributed by atoms with E-state index in [0.717, 1.165) is 22.3 Å². The Morgan fingerprint density at radius 3 is 2.79 bits per heavy atom. The monoisotopic (exact) mass is 378 g/mol. The highest BCUT2D eigenvalue weighted by Crippen LogP contribution is 2.25. The van der Waals surface area contributed by atoms with E-state index in [9.17, 15) is 10.2 Å². The van der Waals surface area contributed by atoms with Crippen LogP contribution < -0.4 is 11.1 Å². The van der Waals surface area contributed by atoms with Crippen molar-refractivity contribution in [2.75, 3.05) is 18.4 Å². The summed E-state index contributed by atoms with van der Waals surface area (Å²) in [6, 6.07) is 8.88. The molecule has 8 heteroatoms. The fraction of sp³-hybridized carbons (Fsp3) is 0.300. The van der Waals surface area contributed by atoms with Crippen molar-refractivity contribution in [3.63, 3.8) is 0 Å². The van der Waals surface area contributed by atoms with E-state index in [1.165, 1.54) is 6.33 Å². The van der Waals surface area contributed by atoms with Crippen molar-refractivity contribution in [3.8, 4) is 12.3 Å². The number of aliphatic hydroxyl groups is 2. The van der Waals surface area contributed by atoms with Gasteiger partial charge in [-0.25, -0.2) is 9.50 Å². The molecule has 28 heavy (non-hydrogen) atoms. The molecule has 0 bridgehead atoms. The van der Waals surface area contributed by atoms with E-state index in [-0.39, 0.29) is 0 Å². The number of benzene rings is 1. The van der Waals surface area contributed by atoms with Gasteiger partial charge in [-0.05, 0) is 29.8 Å². The van der Waals surface area contributed by atoms with Crippen LogP contribution in [0, 0.1) is 12.3 Å². The number of terminal acetylenes is 1. The third-order valence-electron chi connectivity index (χ3n) is 5.00. The molecule has 2 aromatic heterocycles. The van der Waals surface area contributed by atoms with Gasteiger partial charge in [0.05, 0.1) is 18.2 Å². The lowest BCUT2D eigenvalue weighted by Crippen LogP contribution is -2.58. The van der Waals surface area contributed by atoms with Crippen LogP contribution in [0.25, 0.3) is 5.52 Å². The van der Waals surface area contributed by atoms with Crippen LogP contribution in [0.1, 0.15) is 11.1 Å². The molecule has 8 nitrogen and oxygen atoms in total. The van der Waals surface area contributed by atoms with Gasteiger partial charge in [0.25, 0.3) is 0 Å². The molecular formula is C20H22N6O2. The Morgan fingerprint density at radius 2 is 2.04 bits per heavy atom. The molecule has 1 aliphatic rings. The summed E-state index contributed by atoms with van der Waals surface area (Å²) in [7, 11) is 0. The number of nitrogens with zero attached hydrogens (tertiary/aromatic N) is 4. The zero-order chi connectivity index (χ0) is 19.7. The summed E-state index contributed by atoms with van der Waals surface area (Å²) in [5.41, 5.74) is 9.22. The summed E-state index contributed by atoms with van der Waals surface area (Å²) in [5, 5.41) is 27.7. The van der Waals surface area contributed by atoms with E-state index in [4.69, 9.17) is 12.2 Å². The number of rotatable bonds is 4. The molecule has 0 aliphatic carbocycles. The number of hydrogen-bond donors (Lipinski definition) is 4. The molecule has 1 fully saturated rings. The predicted octanol–water partition coefficient (Wildman–Crippen LogP) is 0.319. The van der Waals surface area contributed by atoms with Gasteiger partial charge in [0.1, 0.15) is 11.8 Å². The summed E-state index contributed by atoms with van der Waals surface area (Å²) in [4.78, 5) is 6.37. The van der Waals surface area contributed by atoms with E-state index >= 15 is 0 Å². The Kier molecular flexibility index (Phi) is 4.98. The molecule has 1 aromatic carbocycles. The van der Waals surface area contributed by atoms with Gasteiger partial charge < -0.3 is 21.3 Å². The van der Waals surface area contributed by atoms with E-state index < -0.39 is 18.2 Å². The molecule has 0 saturated carbocycles. The molecule has 2 unspecified atom stereocenters. The van der Waals surface area contributed by atoms with Crippen molar-refractivity contribution in [1.29, 1.82) is 0 Å². The molecule has 144 valence electrons. The Hall–Kier alpha value is -2.96. The minimum Gasteiger partial charge on any atom is -0.390 e. The molecule has 0 amide bonds. The minimum absolute atomic E-state index is 0.399. The fourth-order valence-electron chi connectivity index (χ4n) is 3.53. The second-order valence-electron chi connectivity index (χ2n) is 7.00. The highest BCUT2D eigenvalue weighted by Gasteiger charge is 2.32. The molecule has 4 rings (SSSR count). The van der Waals surface area contributed by atoms with Gasteiger partial charge in [-0.2, -0.15) is 5.10 Å². The molecule has 3 heterocycles. The zero-order valence-electron chi connectivity index (χ0n) is 15.2. The first-order chi connectivity index (χ1) is 13.5. The van der Waals surface area contributed by atoms with E-state index in [0.29, 0.717) is 25.5 Å². The number of β-amino-alcohol motifs (C(OH)–C–C–N with tert-alkyl or cyclic N) is 2. The zero-order valence-corrected chi connectivity index (χ0v) is 15.2. The van der Waals surface area contributed by atoms with Gasteiger partial charge in [-0.1, -0.05) is 12.0 Å². The summed E-state index contributed by atoms with van der Waals surface area (Å²) >= 11 is 0. The summed E-state index contributed by atoms with van der Waals surface area (Å²) < 4.78 is 1.75. The van der Waals surface area contributed by atoms with Crippen LogP contribution in [0.15, 0.2) is 42.9 Å². The Labute approximate surface area is 162 Å². The maximum Gasteiger partial charge on any atom is 0.158 e. The quantitative estimate of drug-likeness (QED) is 0.484. The predicted molar refractivity (Wildman–Crippen MR) is 106 cm³/mol. The van der Waals surface area contributed by atoms with Gasteiger partial charge in [-0.3, -0.25) is 4.90 Å². The first kappa shape index (κ1) is 18.4. The topological polar surface area (TPSA) is 112 Å². The number of likely N-dealkylation sites (tertiary alicyclic amines) is 1. The molecular weight excluding hydrogens is 356 g/mol. The van der Waals surface area contributed by atoms with Crippen LogP contribution >= 0.6 is 0 Å². The van der Waals surface area contributed by atoms with Crippen LogP contribution in [0.5, 0.6) is 0 Å². The SMILES string of the molecule is C#Cc1cccc(Nc2ncnn3ccc(CN4CC(O)C(N)C(O)C4)c23)c1. The van der Waals surface area contributed by atoms with Gasteiger partial charge in [0.2, 0.25) is 0 Å². The van der Waals surface area contributed by atoms with Crippen LogP contribution in [-0.4, -0.2) is 61.1 Å². The Balaban J connectivity index is 1.63. The lowest BCUT2D eigenvalue weighted by atomic mass is 9.99. The highest BCUT2D eigenvalue weighted by atomic mass is 16.3. The Bertz CT molecular complexity index is 1010. The number of aliphatic hydroxyl groups excluding tert-OH is 2. The summed E-state index contributed by atoms with van der Waals surface area (Å²) in [5.74, 6) is 3.27. The third-order valence-corrected chi connectivity index (χ3v) is 5.00. The number of hydrogen-bond acceptors (Lipinski definition) is 7. The largest absolute Gasteiger partial charge is 0.390 e. The number of fused-ring (bicyclic) bond motifs is 1. The third kappa shape index (κ3) is 3.56. The number of aromatic nitrogens is 3. The van der Waals surface area contributed by atoms with Crippen LogP contribution in [0.4, 0.5) is 11.5 Å². The smallest absolute Gasteiger partial charge is 0.158 e. The van der Waals surface area contributed by atoms with Gasteiger partial charge >= 0.3 is 0 Å². The standard InChI is InChI=1S/C20H22N6O2/c1-2-13-4-3-5-15(8-13)24-20-19-14(6-7-26(19)23-12-22-20)9-25-10-16(27)18(21)17(28)11-25/h1,3-8,12,16-18,27-28H,9-11,21H2,(H,22,23,24). The molecule has 5 N–H and O–H groups in total. The van der Waals surface area contributed by atoms with Crippen LogP contribution in [0.2, 0.25) is 0 Å². The maximum absolute atomic E-state index is 10.1. The second kappa shape index (κ2) is 7.58. The van der Waals surface area contributed by atoms with Crippen molar-refractivity contribution >= 4 is 17.0 Å². The van der Waals surface area contributed by atoms with Crippen molar-refractivity contribution in [1.82, 2.24) is 19.5 Å². The molecule has 2 atom stereocenters. The first-order valence-electron chi connectivity index (χ1n) is 9.04. The van der Waals surface area contributed by atoms with E-state index in [2.05, 4.69) is 21.3 Å². The van der Waals surface area contributed by atoms with Crippen molar-refractivity contribution in [3.05, 3.63) is 54.0 Å². The van der Waals surface area contributed by atoms with Crippen LogP contribution in [-0.2, 0) is 6.54 Å². The molecule has 0 radical (unpaired) electrons. The second-order valence-corrected chi connectivity index (χ2v) is 7.00. The van der Waals surface area contributed by atoms with E-state index in [1.54, 1.807) is 4.52 Å². The normalized spacial score (nSPS) is 22.9. The average molecular weight is 378 g/mol. The number of anilines is 2.